The molecular weight excluding hydrogens is 336 g/mol. The maximum absolute atomic E-state index is 4.68. The predicted octanol–water partition coefficient (Wildman–Crippen LogP) is 4.34. The van der Waals surface area contributed by atoms with E-state index in [0.717, 1.165) is 22.5 Å². The molecule has 2 aromatic carbocycles. The molecule has 2 N–H and O–H groups in total. The van der Waals surface area contributed by atoms with Crippen molar-refractivity contribution in [2.24, 2.45) is 7.05 Å². The summed E-state index contributed by atoms with van der Waals surface area (Å²) in [5, 5.41) is 11.9. The van der Waals surface area contributed by atoms with Crippen LogP contribution in [0, 0.1) is 13.8 Å². The number of benzene rings is 2. The van der Waals surface area contributed by atoms with Crippen molar-refractivity contribution >= 4 is 28.5 Å². The number of nitrogens with zero attached hydrogens (tertiary/aromatic N) is 4. The fourth-order valence-electron chi connectivity index (χ4n) is 2.86. The summed E-state index contributed by atoms with van der Waals surface area (Å²) in [6.45, 7) is 4.81. The Kier molecular flexibility index (Phi) is 4.46. The monoisotopic (exact) mass is 358 g/mol. The van der Waals surface area contributed by atoms with E-state index in [0.29, 0.717) is 12.5 Å². The Labute approximate surface area is 158 Å². The van der Waals surface area contributed by atoms with Gasteiger partial charge in [-0.1, -0.05) is 47.5 Å². The van der Waals surface area contributed by atoms with Gasteiger partial charge in [0, 0.05) is 19.3 Å². The molecular formula is C21H22N6. The fourth-order valence-corrected chi connectivity index (χ4v) is 2.86. The maximum atomic E-state index is 4.68. The second-order valence-electron chi connectivity index (χ2n) is 6.73. The molecule has 0 aliphatic rings. The lowest BCUT2D eigenvalue weighted by atomic mass is 10.1. The van der Waals surface area contributed by atoms with E-state index in [2.05, 4.69) is 75.9 Å². The molecule has 2 aromatic heterocycles. The van der Waals surface area contributed by atoms with Crippen LogP contribution in [-0.2, 0) is 13.6 Å². The molecule has 0 amide bonds. The Bertz CT molecular complexity index is 1060. The van der Waals surface area contributed by atoms with Crippen LogP contribution in [0.1, 0.15) is 16.7 Å². The van der Waals surface area contributed by atoms with Crippen molar-refractivity contribution in [2.75, 3.05) is 10.6 Å². The van der Waals surface area contributed by atoms with E-state index in [-0.39, 0.29) is 0 Å². The van der Waals surface area contributed by atoms with Crippen molar-refractivity contribution < 1.29 is 0 Å². The minimum absolute atomic E-state index is 0.571. The first kappa shape index (κ1) is 17.0. The summed E-state index contributed by atoms with van der Waals surface area (Å²) in [7, 11) is 1.88. The third-order valence-electron chi connectivity index (χ3n) is 4.48. The van der Waals surface area contributed by atoms with Crippen LogP contribution in [0.3, 0.4) is 0 Å². The zero-order chi connectivity index (χ0) is 18.8. The number of hydrogen-bond acceptors (Lipinski definition) is 5. The first-order valence-corrected chi connectivity index (χ1v) is 8.91. The molecule has 0 fully saturated rings. The number of nitrogens with one attached hydrogen (secondary N) is 2. The summed E-state index contributed by atoms with van der Waals surface area (Å²) >= 11 is 0. The normalized spacial score (nSPS) is 10.9. The van der Waals surface area contributed by atoms with Gasteiger partial charge in [-0.2, -0.15) is 15.1 Å². The summed E-state index contributed by atoms with van der Waals surface area (Å²) in [6, 6.07) is 16.6. The van der Waals surface area contributed by atoms with Gasteiger partial charge in [-0.05, 0) is 31.5 Å². The number of rotatable bonds is 5. The van der Waals surface area contributed by atoms with E-state index >= 15 is 0 Å². The molecule has 0 saturated heterocycles. The number of hydrogen-bond donors (Lipinski definition) is 2. The second-order valence-corrected chi connectivity index (χ2v) is 6.73. The third-order valence-corrected chi connectivity index (χ3v) is 4.48. The lowest BCUT2D eigenvalue weighted by molar-refractivity contribution is 0.785. The Morgan fingerprint density at radius 2 is 1.56 bits per heavy atom. The first-order valence-electron chi connectivity index (χ1n) is 8.91. The van der Waals surface area contributed by atoms with Crippen LogP contribution >= 0.6 is 0 Å². The highest BCUT2D eigenvalue weighted by Crippen LogP contribution is 2.25. The molecule has 0 radical (unpaired) electrons. The van der Waals surface area contributed by atoms with E-state index in [1.54, 1.807) is 10.9 Å². The smallest absolute Gasteiger partial charge is 0.227 e. The number of anilines is 3. The topological polar surface area (TPSA) is 67.7 Å². The van der Waals surface area contributed by atoms with Gasteiger partial charge < -0.3 is 10.6 Å². The molecule has 27 heavy (non-hydrogen) atoms. The van der Waals surface area contributed by atoms with Crippen molar-refractivity contribution in [3.05, 3.63) is 71.4 Å². The zero-order valence-electron chi connectivity index (χ0n) is 15.7. The van der Waals surface area contributed by atoms with E-state index in [1.807, 2.05) is 19.2 Å². The lowest BCUT2D eigenvalue weighted by Crippen LogP contribution is -2.07. The predicted molar refractivity (Wildman–Crippen MR) is 109 cm³/mol. The van der Waals surface area contributed by atoms with Crippen LogP contribution in [0.2, 0.25) is 0 Å². The van der Waals surface area contributed by atoms with Gasteiger partial charge in [0.1, 0.15) is 5.82 Å². The molecule has 136 valence electrons. The molecule has 0 saturated carbocycles. The van der Waals surface area contributed by atoms with Gasteiger partial charge in [0.2, 0.25) is 5.95 Å². The van der Waals surface area contributed by atoms with Crippen molar-refractivity contribution in [1.29, 1.82) is 0 Å². The Morgan fingerprint density at radius 1 is 0.889 bits per heavy atom. The molecule has 0 unspecified atom stereocenters. The summed E-state index contributed by atoms with van der Waals surface area (Å²) in [5.74, 6) is 1.31. The van der Waals surface area contributed by atoms with Crippen LogP contribution in [0.4, 0.5) is 17.5 Å². The van der Waals surface area contributed by atoms with Crippen LogP contribution in [0.15, 0.2) is 54.7 Å². The summed E-state index contributed by atoms with van der Waals surface area (Å²) in [6.07, 6.45) is 1.79. The molecule has 2 heterocycles. The largest absolute Gasteiger partial charge is 0.350 e. The van der Waals surface area contributed by atoms with Gasteiger partial charge in [-0.15, -0.1) is 0 Å². The lowest BCUT2D eigenvalue weighted by Gasteiger charge is -2.11. The Morgan fingerprint density at radius 3 is 2.26 bits per heavy atom. The van der Waals surface area contributed by atoms with E-state index in [1.165, 1.54) is 16.7 Å². The Balaban J connectivity index is 1.63. The first-order chi connectivity index (χ1) is 13.1. The molecule has 4 aromatic rings. The van der Waals surface area contributed by atoms with Crippen LogP contribution < -0.4 is 10.6 Å². The molecule has 0 aliphatic carbocycles. The second kappa shape index (κ2) is 7.07. The maximum Gasteiger partial charge on any atom is 0.227 e. The Hall–Kier alpha value is -3.41. The summed E-state index contributed by atoms with van der Waals surface area (Å²) < 4.78 is 1.76. The van der Waals surface area contributed by atoms with Crippen molar-refractivity contribution in [1.82, 2.24) is 19.7 Å². The third kappa shape index (κ3) is 3.74. The number of fused-ring (bicyclic) bond motifs is 1. The van der Waals surface area contributed by atoms with Crippen molar-refractivity contribution in [3.63, 3.8) is 0 Å². The highest BCUT2D eigenvalue weighted by molar-refractivity contribution is 5.89. The van der Waals surface area contributed by atoms with E-state index < -0.39 is 0 Å². The summed E-state index contributed by atoms with van der Waals surface area (Å²) in [4.78, 5) is 9.30. The highest BCUT2D eigenvalue weighted by Gasteiger charge is 2.12. The zero-order valence-corrected chi connectivity index (χ0v) is 15.7. The van der Waals surface area contributed by atoms with Crippen LogP contribution in [0.5, 0.6) is 0 Å². The van der Waals surface area contributed by atoms with E-state index in [4.69, 9.17) is 0 Å². The van der Waals surface area contributed by atoms with Crippen molar-refractivity contribution in [2.45, 2.75) is 20.4 Å². The highest BCUT2D eigenvalue weighted by atomic mass is 15.3. The van der Waals surface area contributed by atoms with Gasteiger partial charge in [0.15, 0.2) is 5.65 Å². The van der Waals surface area contributed by atoms with Gasteiger partial charge in [-0.3, -0.25) is 4.68 Å². The molecule has 0 aliphatic heterocycles. The SMILES string of the molecule is Cc1ccc(CNc2nc(Nc3ccc(C)cc3)c3cnn(C)c3n2)cc1. The van der Waals surface area contributed by atoms with Gasteiger partial charge >= 0.3 is 0 Å². The average molecular weight is 358 g/mol. The minimum atomic E-state index is 0.571. The minimum Gasteiger partial charge on any atom is -0.350 e. The van der Waals surface area contributed by atoms with Gasteiger partial charge in [-0.25, -0.2) is 0 Å². The quantitative estimate of drug-likeness (QED) is 0.556. The van der Waals surface area contributed by atoms with Crippen molar-refractivity contribution in [3.8, 4) is 0 Å². The van der Waals surface area contributed by atoms with Gasteiger partial charge in [0.25, 0.3) is 0 Å². The number of aromatic nitrogens is 4. The fraction of sp³-hybridized carbons (Fsp3) is 0.190. The molecule has 0 atom stereocenters. The molecule has 6 nitrogen and oxygen atoms in total. The number of aryl methyl sites for hydroxylation is 3. The standard InChI is InChI=1S/C21H22N6/c1-14-4-8-16(9-5-14)12-22-21-25-19(18-13-23-27(3)20(18)26-21)24-17-10-6-15(2)7-11-17/h4-11,13H,12H2,1-3H3,(H2,22,24,25,26). The molecule has 4 rings (SSSR count). The molecule has 0 spiro atoms. The van der Waals surface area contributed by atoms with Gasteiger partial charge in [0.05, 0.1) is 11.6 Å². The molecule has 0 bridgehead atoms. The van der Waals surface area contributed by atoms with Crippen LogP contribution in [0.25, 0.3) is 11.0 Å². The van der Waals surface area contributed by atoms with Crippen LogP contribution in [-0.4, -0.2) is 19.7 Å². The van der Waals surface area contributed by atoms with E-state index in [9.17, 15) is 0 Å². The summed E-state index contributed by atoms with van der Waals surface area (Å²) in [5.41, 5.74) is 5.41. The molecule has 6 heteroatoms. The average Bonchev–Trinajstić information content (AvgIpc) is 3.04.